The maximum Gasteiger partial charge on any atom is 0.145 e. The van der Waals surface area contributed by atoms with Gasteiger partial charge in [-0.1, -0.05) is 6.07 Å². The molecule has 0 aliphatic carbocycles. The number of nitrogens with zero attached hydrogens (tertiary/aromatic N) is 1. The van der Waals surface area contributed by atoms with Gasteiger partial charge in [-0.2, -0.15) is 0 Å². The van der Waals surface area contributed by atoms with E-state index in [0.717, 1.165) is 17.0 Å². The standard InChI is InChI=1S/C14H16N2O2/c1-10-3-5-13(9-16-10)18-14-7-12(17-2)6-4-11(14)8-15/h3-7,9H,8,15H2,1-2H3. The molecule has 94 valence electrons. The molecule has 0 unspecified atom stereocenters. The maximum atomic E-state index is 5.78. The van der Waals surface area contributed by atoms with Crippen molar-refractivity contribution in [2.45, 2.75) is 13.5 Å². The lowest BCUT2D eigenvalue weighted by atomic mass is 10.2. The third-order valence-corrected chi connectivity index (χ3v) is 2.61. The summed E-state index contributed by atoms with van der Waals surface area (Å²) in [7, 11) is 1.62. The first kappa shape index (κ1) is 12.4. The van der Waals surface area contributed by atoms with Crippen molar-refractivity contribution in [3.8, 4) is 17.2 Å². The molecule has 18 heavy (non-hydrogen) atoms. The average molecular weight is 244 g/mol. The molecule has 0 saturated carbocycles. The fourth-order valence-corrected chi connectivity index (χ4v) is 1.57. The smallest absolute Gasteiger partial charge is 0.145 e. The van der Waals surface area contributed by atoms with Gasteiger partial charge >= 0.3 is 0 Å². The Morgan fingerprint density at radius 1 is 1.17 bits per heavy atom. The zero-order chi connectivity index (χ0) is 13.0. The van der Waals surface area contributed by atoms with E-state index in [0.29, 0.717) is 18.0 Å². The number of aromatic nitrogens is 1. The molecule has 1 aromatic heterocycles. The first-order valence-corrected chi connectivity index (χ1v) is 5.70. The molecule has 0 amide bonds. The van der Waals surface area contributed by atoms with Gasteiger partial charge in [0.25, 0.3) is 0 Å². The summed E-state index contributed by atoms with van der Waals surface area (Å²) in [5.74, 6) is 2.12. The molecule has 2 rings (SSSR count). The van der Waals surface area contributed by atoms with Crippen molar-refractivity contribution in [3.63, 3.8) is 0 Å². The Labute approximate surface area is 106 Å². The average Bonchev–Trinajstić information content (AvgIpc) is 2.41. The van der Waals surface area contributed by atoms with Gasteiger partial charge in [0.2, 0.25) is 0 Å². The van der Waals surface area contributed by atoms with Crippen LogP contribution in [0.3, 0.4) is 0 Å². The molecule has 0 atom stereocenters. The third kappa shape index (κ3) is 2.78. The molecule has 4 nitrogen and oxygen atoms in total. The van der Waals surface area contributed by atoms with Crippen molar-refractivity contribution in [1.29, 1.82) is 0 Å². The minimum atomic E-state index is 0.415. The Hall–Kier alpha value is -2.07. The molecule has 0 radical (unpaired) electrons. The van der Waals surface area contributed by atoms with Gasteiger partial charge in [-0.3, -0.25) is 4.98 Å². The van der Waals surface area contributed by atoms with Crippen LogP contribution in [0.1, 0.15) is 11.3 Å². The van der Waals surface area contributed by atoms with E-state index in [1.807, 2.05) is 37.3 Å². The Kier molecular flexibility index (Phi) is 3.79. The van der Waals surface area contributed by atoms with E-state index in [9.17, 15) is 0 Å². The van der Waals surface area contributed by atoms with Gasteiger partial charge in [-0.25, -0.2) is 0 Å². The van der Waals surface area contributed by atoms with E-state index < -0.39 is 0 Å². The lowest BCUT2D eigenvalue weighted by Crippen LogP contribution is -2.00. The SMILES string of the molecule is COc1ccc(CN)c(Oc2ccc(C)nc2)c1. The summed E-state index contributed by atoms with van der Waals surface area (Å²) in [6, 6.07) is 9.36. The Bertz CT molecular complexity index is 524. The predicted octanol–water partition coefficient (Wildman–Crippen LogP) is 2.65. The summed E-state index contributed by atoms with van der Waals surface area (Å²) in [6.07, 6.45) is 1.69. The number of aryl methyl sites for hydroxylation is 1. The molecular weight excluding hydrogens is 228 g/mol. The lowest BCUT2D eigenvalue weighted by Gasteiger charge is -2.11. The Morgan fingerprint density at radius 2 is 1.94 bits per heavy atom. The summed E-state index contributed by atoms with van der Waals surface area (Å²) < 4.78 is 11.0. The van der Waals surface area contributed by atoms with Crippen LogP contribution in [-0.2, 0) is 6.54 Å². The van der Waals surface area contributed by atoms with Crippen molar-refractivity contribution in [1.82, 2.24) is 4.98 Å². The number of ether oxygens (including phenoxy) is 2. The molecule has 2 aromatic rings. The van der Waals surface area contributed by atoms with Gasteiger partial charge < -0.3 is 15.2 Å². The normalized spacial score (nSPS) is 10.2. The highest BCUT2D eigenvalue weighted by Gasteiger charge is 2.06. The number of hydrogen-bond donors (Lipinski definition) is 1. The van der Waals surface area contributed by atoms with Crippen molar-refractivity contribution in [3.05, 3.63) is 47.8 Å². The molecule has 0 fully saturated rings. The fraction of sp³-hybridized carbons (Fsp3) is 0.214. The summed E-state index contributed by atoms with van der Waals surface area (Å²) in [5, 5.41) is 0. The number of pyridine rings is 1. The van der Waals surface area contributed by atoms with Gasteiger partial charge in [0, 0.05) is 23.9 Å². The van der Waals surface area contributed by atoms with Crippen LogP contribution < -0.4 is 15.2 Å². The number of methoxy groups -OCH3 is 1. The van der Waals surface area contributed by atoms with Crippen LogP contribution in [-0.4, -0.2) is 12.1 Å². The van der Waals surface area contributed by atoms with E-state index in [1.165, 1.54) is 0 Å². The minimum Gasteiger partial charge on any atom is -0.497 e. The number of benzene rings is 1. The van der Waals surface area contributed by atoms with Gasteiger partial charge in [0.1, 0.15) is 17.2 Å². The molecule has 0 aliphatic rings. The van der Waals surface area contributed by atoms with Crippen LogP contribution in [0.4, 0.5) is 0 Å². The number of hydrogen-bond acceptors (Lipinski definition) is 4. The highest BCUT2D eigenvalue weighted by Crippen LogP contribution is 2.28. The van der Waals surface area contributed by atoms with Crippen LogP contribution >= 0.6 is 0 Å². The molecule has 1 aromatic carbocycles. The van der Waals surface area contributed by atoms with E-state index in [1.54, 1.807) is 13.3 Å². The maximum absolute atomic E-state index is 5.78. The van der Waals surface area contributed by atoms with Crippen LogP contribution in [0.25, 0.3) is 0 Å². The van der Waals surface area contributed by atoms with Gasteiger partial charge in [0.05, 0.1) is 13.3 Å². The van der Waals surface area contributed by atoms with Crippen LogP contribution in [0, 0.1) is 6.92 Å². The van der Waals surface area contributed by atoms with Crippen molar-refractivity contribution in [2.75, 3.05) is 7.11 Å². The van der Waals surface area contributed by atoms with Gasteiger partial charge in [-0.05, 0) is 25.1 Å². The van der Waals surface area contributed by atoms with E-state index in [2.05, 4.69) is 4.98 Å². The molecular formula is C14H16N2O2. The molecule has 1 heterocycles. The van der Waals surface area contributed by atoms with Gasteiger partial charge in [-0.15, -0.1) is 0 Å². The van der Waals surface area contributed by atoms with Crippen LogP contribution in [0.5, 0.6) is 17.2 Å². The van der Waals surface area contributed by atoms with E-state index in [-0.39, 0.29) is 0 Å². The Morgan fingerprint density at radius 3 is 2.56 bits per heavy atom. The number of rotatable bonds is 4. The van der Waals surface area contributed by atoms with Crippen LogP contribution in [0.2, 0.25) is 0 Å². The molecule has 0 aliphatic heterocycles. The first-order chi connectivity index (χ1) is 8.72. The summed E-state index contributed by atoms with van der Waals surface area (Å²) in [6.45, 7) is 2.35. The van der Waals surface area contributed by atoms with Crippen molar-refractivity contribution < 1.29 is 9.47 Å². The highest BCUT2D eigenvalue weighted by molar-refractivity contribution is 5.43. The van der Waals surface area contributed by atoms with Crippen LogP contribution in [0.15, 0.2) is 36.5 Å². The summed E-state index contributed by atoms with van der Waals surface area (Å²) >= 11 is 0. The van der Waals surface area contributed by atoms with E-state index in [4.69, 9.17) is 15.2 Å². The van der Waals surface area contributed by atoms with E-state index >= 15 is 0 Å². The number of nitrogens with two attached hydrogens (primary N) is 1. The highest BCUT2D eigenvalue weighted by atomic mass is 16.5. The summed E-state index contributed by atoms with van der Waals surface area (Å²) in [4.78, 5) is 4.19. The van der Waals surface area contributed by atoms with Gasteiger partial charge in [0.15, 0.2) is 0 Å². The second kappa shape index (κ2) is 5.51. The second-order valence-corrected chi connectivity index (χ2v) is 3.92. The third-order valence-electron chi connectivity index (χ3n) is 2.61. The topological polar surface area (TPSA) is 57.4 Å². The fourth-order valence-electron chi connectivity index (χ4n) is 1.57. The Balaban J connectivity index is 2.29. The summed E-state index contributed by atoms with van der Waals surface area (Å²) in [5.41, 5.74) is 7.56. The lowest BCUT2D eigenvalue weighted by molar-refractivity contribution is 0.408. The zero-order valence-corrected chi connectivity index (χ0v) is 10.5. The quantitative estimate of drug-likeness (QED) is 0.898. The molecule has 0 saturated heterocycles. The molecule has 0 bridgehead atoms. The molecule has 0 spiro atoms. The largest absolute Gasteiger partial charge is 0.497 e. The first-order valence-electron chi connectivity index (χ1n) is 5.70. The predicted molar refractivity (Wildman–Crippen MR) is 69.9 cm³/mol. The van der Waals surface area contributed by atoms with Crippen molar-refractivity contribution in [2.24, 2.45) is 5.73 Å². The zero-order valence-electron chi connectivity index (χ0n) is 10.5. The second-order valence-electron chi connectivity index (χ2n) is 3.92. The van der Waals surface area contributed by atoms with Crippen molar-refractivity contribution >= 4 is 0 Å². The minimum absolute atomic E-state index is 0.415. The molecule has 4 heteroatoms. The molecule has 2 N–H and O–H groups in total. The monoisotopic (exact) mass is 244 g/mol.